The summed E-state index contributed by atoms with van der Waals surface area (Å²) in [6.07, 6.45) is 1.38. The minimum Gasteiger partial charge on any atom is -0.313 e. The van der Waals surface area contributed by atoms with E-state index in [1.807, 2.05) is 6.92 Å². The van der Waals surface area contributed by atoms with Gasteiger partial charge in [-0.05, 0) is 24.6 Å². The maximum atomic E-state index is 11.4. The van der Waals surface area contributed by atoms with Crippen LogP contribution in [-0.2, 0) is 0 Å². The largest absolute Gasteiger partial charge is 0.313 e. The Hall–Kier alpha value is -1.35. The van der Waals surface area contributed by atoms with Crippen LogP contribution in [0.4, 0.5) is 0 Å². The summed E-state index contributed by atoms with van der Waals surface area (Å²) in [7, 11) is 0. The first-order chi connectivity index (χ1) is 6.18. The van der Waals surface area contributed by atoms with E-state index in [0.29, 0.717) is 15.9 Å². The first-order valence-corrected chi connectivity index (χ1v) is 4.20. The van der Waals surface area contributed by atoms with Gasteiger partial charge in [-0.2, -0.15) is 0 Å². The highest BCUT2D eigenvalue weighted by atomic mass is 35.5. The Morgan fingerprint density at radius 3 is 3.00 bits per heavy atom. The Morgan fingerprint density at radius 1 is 1.46 bits per heavy atom. The van der Waals surface area contributed by atoms with Crippen molar-refractivity contribution in [3.05, 3.63) is 39.4 Å². The van der Waals surface area contributed by atoms with Crippen LogP contribution in [0.2, 0.25) is 5.02 Å². The number of aromatic amines is 1. The minimum absolute atomic E-state index is 0.126. The molecule has 4 heteroatoms. The molecule has 0 fully saturated rings. The summed E-state index contributed by atoms with van der Waals surface area (Å²) >= 11 is 5.82. The number of rotatable bonds is 0. The molecule has 0 aliphatic rings. The zero-order valence-corrected chi connectivity index (χ0v) is 7.72. The molecular formula is C9H7ClN2O. The summed E-state index contributed by atoms with van der Waals surface area (Å²) in [5, 5.41) is 1.20. The van der Waals surface area contributed by atoms with Gasteiger partial charge in [0.25, 0.3) is 5.56 Å². The second-order valence-corrected chi connectivity index (χ2v) is 3.28. The van der Waals surface area contributed by atoms with Gasteiger partial charge in [-0.15, -0.1) is 0 Å². The molecule has 0 atom stereocenters. The van der Waals surface area contributed by atoms with Gasteiger partial charge in [0, 0.05) is 5.02 Å². The lowest BCUT2D eigenvalue weighted by atomic mass is 10.1. The van der Waals surface area contributed by atoms with Gasteiger partial charge in [0.05, 0.1) is 17.2 Å². The Kier molecular flexibility index (Phi) is 1.81. The highest BCUT2D eigenvalue weighted by Crippen LogP contribution is 2.18. The van der Waals surface area contributed by atoms with Crippen molar-refractivity contribution in [1.29, 1.82) is 0 Å². The molecule has 0 spiro atoms. The summed E-state index contributed by atoms with van der Waals surface area (Å²) in [5.74, 6) is 0. The Labute approximate surface area is 79.4 Å². The molecule has 13 heavy (non-hydrogen) atoms. The van der Waals surface area contributed by atoms with E-state index in [4.69, 9.17) is 11.6 Å². The lowest BCUT2D eigenvalue weighted by Crippen LogP contribution is -2.07. The number of fused-ring (bicyclic) bond motifs is 1. The molecular weight excluding hydrogens is 188 g/mol. The van der Waals surface area contributed by atoms with Crippen LogP contribution < -0.4 is 5.56 Å². The molecule has 1 aromatic carbocycles. The number of halogens is 1. The van der Waals surface area contributed by atoms with Gasteiger partial charge in [0.1, 0.15) is 0 Å². The van der Waals surface area contributed by atoms with Crippen molar-refractivity contribution in [2.75, 3.05) is 0 Å². The van der Waals surface area contributed by atoms with Crippen LogP contribution in [0, 0.1) is 6.92 Å². The van der Waals surface area contributed by atoms with E-state index in [0.717, 1.165) is 5.56 Å². The molecule has 0 amide bonds. The molecule has 0 aliphatic carbocycles. The average molecular weight is 195 g/mol. The third-order valence-corrected chi connectivity index (χ3v) is 2.12. The maximum Gasteiger partial charge on any atom is 0.258 e. The number of hydrogen-bond acceptors (Lipinski definition) is 2. The standard InChI is InChI=1S/C9H7ClN2O/c1-5-2-6(10)3-7-8(5)9(13)12-4-11-7/h2-4H,1H3,(H,11,12,13). The molecule has 66 valence electrons. The minimum atomic E-state index is -0.126. The number of hydrogen-bond donors (Lipinski definition) is 1. The van der Waals surface area contributed by atoms with E-state index in [1.54, 1.807) is 12.1 Å². The lowest BCUT2D eigenvalue weighted by molar-refractivity contribution is 1.17. The lowest BCUT2D eigenvalue weighted by Gasteiger charge is -1.99. The van der Waals surface area contributed by atoms with Gasteiger partial charge < -0.3 is 4.98 Å². The molecule has 0 saturated heterocycles. The molecule has 1 N–H and O–H groups in total. The smallest absolute Gasteiger partial charge is 0.258 e. The first kappa shape index (κ1) is 8.26. The van der Waals surface area contributed by atoms with Gasteiger partial charge >= 0.3 is 0 Å². The third kappa shape index (κ3) is 1.31. The summed E-state index contributed by atoms with van der Waals surface area (Å²) in [6.45, 7) is 1.84. The van der Waals surface area contributed by atoms with E-state index < -0.39 is 0 Å². The van der Waals surface area contributed by atoms with Crippen molar-refractivity contribution in [3.63, 3.8) is 0 Å². The number of aromatic nitrogens is 2. The maximum absolute atomic E-state index is 11.4. The monoisotopic (exact) mass is 194 g/mol. The van der Waals surface area contributed by atoms with Gasteiger partial charge in [0.2, 0.25) is 0 Å². The number of nitrogens with zero attached hydrogens (tertiary/aromatic N) is 1. The van der Waals surface area contributed by atoms with Crippen LogP contribution in [0.3, 0.4) is 0 Å². The van der Waals surface area contributed by atoms with Crippen LogP contribution in [0.15, 0.2) is 23.3 Å². The molecule has 0 saturated carbocycles. The topological polar surface area (TPSA) is 45.8 Å². The van der Waals surface area contributed by atoms with Crippen LogP contribution in [0.25, 0.3) is 10.9 Å². The fourth-order valence-electron chi connectivity index (χ4n) is 1.36. The van der Waals surface area contributed by atoms with Crippen LogP contribution in [0.5, 0.6) is 0 Å². The third-order valence-electron chi connectivity index (χ3n) is 1.91. The number of nitrogens with one attached hydrogen (secondary N) is 1. The molecule has 3 nitrogen and oxygen atoms in total. The van der Waals surface area contributed by atoms with E-state index in [9.17, 15) is 4.79 Å². The van der Waals surface area contributed by atoms with E-state index in [-0.39, 0.29) is 5.56 Å². The van der Waals surface area contributed by atoms with Gasteiger partial charge in [0.15, 0.2) is 0 Å². The van der Waals surface area contributed by atoms with Crippen molar-refractivity contribution >= 4 is 22.5 Å². The highest BCUT2D eigenvalue weighted by molar-refractivity contribution is 6.31. The molecule has 0 radical (unpaired) electrons. The molecule has 1 heterocycles. The summed E-state index contributed by atoms with van der Waals surface area (Å²) in [5.41, 5.74) is 1.35. The quantitative estimate of drug-likeness (QED) is 0.696. The molecule has 0 bridgehead atoms. The highest BCUT2D eigenvalue weighted by Gasteiger charge is 2.03. The zero-order chi connectivity index (χ0) is 9.42. The molecule has 0 unspecified atom stereocenters. The van der Waals surface area contributed by atoms with Gasteiger partial charge in [-0.25, -0.2) is 4.98 Å². The van der Waals surface area contributed by atoms with Crippen LogP contribution in [0.1, 0.15) is 5.56 Å². The molecule has 1 aromatic heterocycles. The fraction of sp³-hybridized carbons (Fsp3) is 0.111. The second kappa shape index (κ2) is 2.85. The van der Waals surface area contributed by atoms with Gasteiger partial charge in [-0.3, -0.25) is 4.79 Å². The van der Waals surface area contributed by atoms with Crippen molar-refractivity contribution < 1.29 is 0 Å². The summed E-state index contributed by atoms with van der Waals surface area (Å²) in [6, 6.07) is 3.43. The second-order valence-electron chi connectivity index (χ2n) is 2.85. The molecule has 2 rings (SSSR count). The molecule has 0 aliphatic heterocycles. The average Bonchev–Trinajstić information content (AvgIpc) is 2.02. The van der Waals surface area contributed by atoms with Crippen molar-refractivity contribution in [3.8, 4) is 0 Å². The van der Waals surface area contributed by atoms with Crippen molar-refractivity contribution in [2.45, 2.75) is 6.92 Å². The fourth-order valence-corrected chi connectivity index (χ4v) is 1.62. The number of H-pyrrole nitrogens is 1. The summed E-state index contributed by atoms with van der Waals surface area (Å²) in [4.78, 5) is 17.9. The predicted molar refractivity (Wildman–Crippen MR) is 52.1 cm³/mol. The normalized spacial score (nSPS) is 10.6. The predicted octanol–water partition coefficient (Wildman–Crippen LogP) is 1.88. The van der Waals surface area contributed by atoms with E-state index in [1.165, 1.54) is 6.33 Å². The summed E-state index contributed by atoms with van der Waals surface area (Å²) < 4.78 is 0. The number of aryl methyl sites for hydroxylation is 1. The number of benzene rings is 1. The van der Waals surface area contributed by atoms with Gasteiger partial charge in [-0.1, -0.05) is 11.6 Å². The SMILES string of the molecule is Cc1cc(Cl)cc2nc[nH]c(=O)c12. The Balaban J connectivity index is 3.03. The Morgan fingerprint density at radius 2 is 2.23 bits per heavy atom. The van der Waals surface area contributed by atoms with Crippen LogP contribution in [-0.4, -0.2) is 9.97 Å². The zero-order valence-electron chi connectivity index (χ0n) is 6.97. The molecule has 2 aromatic rings. The first-order valence-electron chi connectivity index (χ1n) is 3.82. The van der Waals surface area contributed by atoms with E-state index in [2.05, 4.69) is 9.97 Å². The van der Waals surface area contributed by atoms with E-state index >= 15 is 0 Å². The van der Waals surface area contributed by atoms with Crippen LogP contribution >= 0.6 is 11.6 Å². The van der Waals surface area contributed by atoms with Crippen molar-refractivity contribution in [1.82, 2.24) is 9.97 Å². The Bertz CT molecular complexity index is 518. The van der Waals surface area contributed by atoms with Crippen molar-refractivity contribution in [2.24, 2.45) is 0 Å².